The summed E-state index contributed by atoms with van der Waals surface area (Å²) < 4.78 is 0. The average Bonchev–Trinajstić information content (AvgIpc) is 2.79. The molecule has 1 aliphatic heterocycles. The summed E-state index contributed by atoms with van der Waals surface area (Å²) in [5, 5.41) is 0. The summed E-state index contributed by atoms with van der Waals surface area (Å²) in [5.74, 6) is 1.13. The maximum absolute atomic E-state index is 12.1. The highest BCUT2D eigenvalue weighted by Gasteiger charge is 2.31. The van der Waals surface area contributed by atoms with Crippen LogP contribution in [0.5, 0.6) is 0 Å². The maximum Gasteiger partial charge on any atom is 0.227 e. The quantitative estimate of drug-likeness (QED) is 0.751. The van der Waals surface area contributed by atoms with Gasteiger partial charge in [-0.1, -0.05) is 12.1 Å². The average molecular weight is 264 g/mol. The van der Waals surface area contributed by atoms with Crippen molar-refractivity contribution in [1.29, 1.82) is 0 Å². The summed E-state index contributed by atoms with van der Waals surface area (Å²) in [6.45, 7) is 0.790. The molecule has 1 aromatic rings. The van der Waals surface area contributed by atoms with Gasteiger partial charge < -0.3 is 4.90 Å². The van der Waals surface area contributed by atoms with E-state index in [9.17, 15) is 4.79 Å². The first-order chi connectivity index (χ1) is 8.79. The Morgan fingerprint density at radius 3 is 2.89 bits per heavy atom. The van der Waals surface area contributed by atoms with Crippen LogP contribution in [0.4, 0.5) is 5.69 Å². The van der Waals surface area contributed by atoms with Crippen molar-refractivity contribution >= 4 is 23.2 Å². The molecule has 0 bridgehead atoms. The van der Waals surface area contributed by atoms with Gasteiger partial charge in [-0.05, 0) is 48.8 Å². The van der Waals surface area contributed by atoms with Gasteiger partial charge in [0.25, 0.3) is 0 Å². The standard InChI is InChI=1S/C15H18ClNO/c16-9-11-8-15(18)17(10-11)14-7-3-5-12-4-1-2-6-13(12)14/h3,5,7,11H,1-2,4,6,8-10H2. The van der Waals surface area contributed by atoms with Gasteiger partial charge in [-0.2, -0.15) is 0 Å². The van der Waals surface area contributed by atoms with Crippen molar-refractivity contribution in [2.24, 2.45) is 5.92 Å². The normalized spacial score (nSPS) is 23.3. The highest BCUT2D eigenvalue weighted by atomic mass is 35.5. The number of hydrogen-bond acceptors (Lipinski definition) is 1. The molecule has 2 aliphatic rings. The van der Waals surface area contributed by atoms with Crippen molar-refractivity contribution in [2.45, 2.75) is 32.1 Å². The second-order valence-electron chi connectivity index (χ2n) is 5.35. The molecule has 0 spiro atoms. The van der Waals surface area contributed by atoms with E-state index in [1.165, 1.54) is 24.0 Å². The smallest absolute Gasteiger partial charge is 0.227 e. The number of benzene rings is 1. The minimum atomic E-state index is 0.236. The second kappa shape index (κ2) is 4.93. The topological polar surface area (TPSA) is 20.3 Å². The van der Waals surface area contributed by atoms with Crippen molar-refractivity contribution < 1.29 is 4.79 Å². The Morgan fingerprint density at radius 2 is 2.11 bits per heavy atom. The first-order valence-electron chi connectivity index (χ1n) is 6.76. The van der Waals surface area contributed by atoms with Crippen LogP contribution in [-0.4, -0.2) is 18.3 Å². The number of aryl methyl sites for hydroxylation is 1. The molecule has 0 saturated carbocycles. The summed E-state index contributed by atoms with van der Waals surface area (Å²) >= 11 is 5.89. The fourth-order valence-electron chi connectivity index (χ4n) is 3.13. The summed E-state index contributed by atoms with van der Waals surface area (Å²) in [4.78, 5) is 14.1. The zero-order valence-electron chi connectivity index (χ0n) is 10.5. The van der Waals surface area contributed by atoms with Crippen molar-refractivity contribution in [2.75, 3.05) is 17.3 Å². The summed E-state index contributed by atoms with van der Waals surface area (Å²) in [6, 6.07) is 6.39. The highest BCUT2D eigenvalue weighted by Crippen LogP contribution is 2.34. The highest BCUT2D eigenvalue weighted by molar-refractivity contribution is 6.18. The minimum Gasteiger partial charge on any atom is -0.312 e. The Hall–Kier alpha value is -1.02. The lowest BCUT2D eigenvalue weighted by Gasteiger charge is -2.25. The number of amides is 1. The molecule has 1 fully saturated rings. The molecule has 18 heavy (non-hydrogen) atoms. The van der Waals surface area contributed by atoms with E-state index in [0.717, 1.165) is 25.1 Å². The third-order valence-electron chi connectivity index (χ3n) is 4.09. The number of carbonyl (C=O) groups is 1. The van der Waals surface area contributed by atoms with Crippen LogP contribution in [0, 0.1) is 5.92 Å². The van der Waals surface area contributed by atoms with E-state index in [0.29, 0.717) is 18.2 Å². The third kappa shape index (κ3) is 2.03. The van der Waals surface area contributed by atoms with Gasteiger partial charge in [0, 0.05) is 24.5 Å². The van der Waals surface area contributed by atoms with Crippen LogP contribution in [0.1, 0.15) is 30.4 Å². The number of anilines is 1. The van der Waals surface area contributed by atoms with E-state index >= 15 is 0 Å². The van der Waals surface area contributed by atoms with Gasteiger partial charge in [0.15, 0.2) is 0 Å². The number of fused-ring (bicyclic) bond motifs is 1. The van der Waals surface area contributed by atoms with Gasteiger partial charge in [-0.25, -0.2) is 0 Å². The van der Waals surface area contributed by atoms with Crippen molar-refractivity contribution in [3.05, 3.63) is 29.3 Å². The van der Waals surface area contributed by atoms with E-state index in [-0.39, 0.29) is 5.91 Å². The largest absolute Gasteiger partial charge is 0.312 e. The number of hydrogen-bond donors (Lipinski definition) is 0. The lowest BCUT2D eigenvalue weighted by molar-refractivity contribution is -0.117. The van der Waals surface area contributed by atoms with Crippen LogP contribution in [0.25, 0.3) is 0 Å². The van der Waals surface area contributed by atoms with E-state index < -0.39 is 0 Å². The molecular weight excluding hydrogens is 246 g/mol. The molecule has 1 unspecified atom stereocenters. The van der Waals surface area contributed by atoms with E-state index in [1.54, 1.807) is 0 Å². The first-order valence-corrected chi connectivity index (χ1v) is 7.30. The summed E-state index contributed by atoms with van der Waals surface area (Å²) in [7, 11) is 0. The molecule has 96 valence electrons. The Morgan fingerprint density at radius 1 is 1.28 bits per heavy atom. The van der Waals surface area contributed by atoms with Crippen molar-refractivity contribution in [3.8, 4) is 0 Å². The monoisotopic (exact) mass is 263 g/mol. The fourth-order valence-corrected chi connectivity index (χ4v) is 3.34. The molecule has 1 aliphatic carbocycles. The van der Waals surface area contributed by atoms with Gasteiger partial charge in [0.05, 0.1) is 0 Å². The van der Waals surface area contributed by atoms with Gasteiger partial charge in [-0.3, -0.25) is 4.79 Å². The van der Waals surface area contributed by atoms with Crippen molar-refractivity contribution in [1.82, 2.24) is 0 Å². The fraction of sp³-hybridized carbons (Fsp3) is 0.533. The number of alkyl halides is 1. The number of carbonyl (C=O) groups excluding carboxylic acids is 1. The van der Waals surface area contributed by atoms with Crippen LogP contribution in [0.15, 0.2) is 18.2 Å². The molecule has 1 heterocycles. The number of rotatable bonds is 2. The molecule has 1 saturated heterocycles. The second-order valence-corrected chi connectivity index (χ2v) is 5.66. The Labute approximate surface area is 113 Å². The van der Waals surface area contributed by atoms with Crippen LogP contribution in [0.2, 0.25) is 0 Å². The number of halogens is 1. The number of nitrogens with zero attached hydrogens (tertiary/aromatic N) is 1. The van der Waals surface area contributed by atoms with Crippen molar-refractivity contribution in [3.63, 3.8) is 0 Å². The van der Waals surface area contributed by atoms with Crippen LogP contribution in [0.3, 0.4) is 0 Å². The Balaban J connectivity index is 1.95. The van der Waals surface area contributed by atoms with Gasteiger partial charge >= 0.3 is 0 Å². The molecule has 0 aromatic heterocycles. The Bertz CT molecular complexity index is 472. The van der Waals surface area contributed by atoms with Crippen LogP contribution in [-0.2, 0) is 17.6 Å². The minimum absolute atomic E-state index is 0.236. The SMILES string of the molecule is O=C1CC(CCl)CN1c1cccc2c1CCCC2. The van der Waals surface area contributed by atoms with E-state index in [1.807, 2.05) is 4.90 Å². The maximum atomic E-state index is 12.1. The molecule has 3 heteroatoms. The molecule has 2 nitrogen and oxygen atoms in total. The van der Waals surface area contributed by atoms with Gasteiger partial charge in [0.1, 0.15) is 0 Å². The zero-order valence-corrected chi connectivity index (χ0v) is 11.2. The van der Waals surface area contributed by atoms with Crippen LogP contribution < -0.4 is 4.90 Å². The van der Waals surface area contributed by atoms with Gasteiger partial charge in [-0.15, -0.1) is 11.6 Å². The predicted octanol–water partition coefficient (Wildman–Crippen LogP) is 3.16. The molecule has 0 N–H and O–H groups in total. The predicted molar refractivity (Wildman–Crippen MR) is 74.3 cm³/mol. The third-order valence-corrected chi connectivity index (χ3v) is 4.52. The molecule has 0 radical (unpaired) electrons. The molecule has 1 amide bonds. The summed E-state index contributed by atoms with van der Waals surface area (Å²) in [6.07, 6.45) is 5.39. The zero-order chi connectivity index (χ0) is 12.5. The molecule has 1 atom stereocenters. The molecule has 1 aromatic carbocycles. The lowest BCUT2D eigenvalue weighted by atomic mass is 9.90. The van der Waals surface area contributed by atoms with Gasteiger partial charge in [0.2, 0.25) is 5.91 Å². The molecule has 3 rings (SSSR count). The summed E-state index contributed by atoms with van der Waals surface area (Å²) in [5.41, 5.74) is 3.97. The van der Waals surface area contributed by atoms with Crippen LogP contribution >= 0.6 is 11.6 Å². The lowest BCUT2D eigenvalue weighted by Crippen LogP contribution is -2.26. The van der Waals surface area contributed by atoms with E-state index in [2.05, 4.69) is 18.2 Å². The first kappa shape index (κ1) is 12.0. The van der Waals surface area contributed by atoms with E-state index in [4.69, 9.17) is 11.6 Å². The molecular formula is C15H18ClNO. The Kier molecular flexibility index (Phi) is 3.29.